The fourth-order valence-corrected chi connectivity index (χ4v) is 4.73. The van der Waals surface area contributed by atoms with Gasteiger partial charge in [0.05, 0.1) is 6.04 Å². The highest BCUT2D eigenvalue weighted by Crippen LogP contribution is 2.09. The molecule has 0 aliphatic rings. The van der Waals surface area contributed by atoms with Crippen molar-refractivity contribution in [2.75, 3.05) is 19.6 Å². The van der Waals surface area contributed by atoms with E-state index in [0.717, 1.165) is 11.1 Å². The summed E-state index contributed by atoms with van der Waals surface area (Å²) in [6, 6.07) is 20.6. The lowest BCUT2D eigenvalue weighted by molar-refractivity contribution is -0.130. The molecule has 0 aliphatic carbocycles. The molecular weight excluding hydrogens is 573 g/mol. The number of carbonyl (C=O) groups is 4. The van der Waals surface area contributed by atoms with Crippen molar-refractivity contribution in [3.05, 3.63) is 107 Å². The Kier molecular flexibility index (Phi) is 13.7. The van der Waals surface area contributed by atoms with Crippen LogP contribution in [0, 0.1) is 11.7 Å². The lowest BCUT2D eigenvalue weighted by atomic mass is 10.0. The Labute approximate surface area is 264 Å². The third kappa shape index (κ3) is 11.5. The van der Waals surface area contributed by atoms with Crippen LogP contribution in [0.25, 0.3) is 0 Å². The van der Waals surface area contributed by atoms with Crippen LogP contribution >= 0.6 is 0 Å². The first-order chi connectivity index (χ1) is 21.6. The van der Waals surface area contributed by atoms with Gasteiger partial charge in [-0.15, -0.1) is 0 Å². The smallest absolute Gasteiger partial charge is 0.251 e. The Morgan fingerprint density at radius 1 is 0.733 bits per heavy atom. The molecule has 3 aromatic carbocycles. The summed E-state index contributed by atoms with van der Waals surface area (Å²) in [5.74, 6) is -1.62. The molecule has 3 aromatic rings. The Bertz CT molecular complexity index is 1420. The molecule has 45 heavy (non-hydrogen) atoms. The van der Waals surface area contributed by atoms with Gasteiger partial charge in [0, 0.05) is 36.8 Å². The Balaban J connectivity index is 1.63. The predicted molar refractivity (Wildman–Crippen MR) is 173 cm³/mol. The molecule has 0 heterocycles. The maximum Gasteiger partial charge on any atom is 0.251 e. The highest BCUT2D eigenvalue weighted by atomic mass is 19.1. The van der Waals surface area contributed by atoms with E-state index in [0.29, 0.717) is 37.1 Å². The molecule has 0 radical (unpaired) electrons. The standard InChI is InChI=1S/C35H44FN5O4/c1-5-37-35(45)31(23(2)3)41-32(42)24(4)39-22-30(20-26-10-7-6-8-11-26)40-34(44)28-13-9-12-27(21-28)33(43)38-19-18-25-14-16-29(36)17-15-25/h6-17,21,23-24,30-31,39H,5,18-20,22H2,1-4H3,(H,37,45)(H,38,43)(H,40,44)(H,41,42)/t24-,30-,31-/m0/s1. The van der Waals surface area contributed by atoms with Crippen molar-refractivity contribution in [3.8, 4) is 0 Å². The molecule has 0 bridgehead atoms. The maximum absolute atomic E-state index is 13.4. The molecular formula is C35H44FN5O4. The van der Waals surface area contributed by atoms with E-state index < -0.39 is 12.1 Å². The van der Waals surface area contributed by atoms with Crippen molar-refractivity contribution in [2.45, 2.75) is 58.7 Å². The summed E-state index contributed by atoms with van der Waals surface area (Å²) in [5.41, 5.74) is 2.58. The van der Waals surface area contributed by atoms with E-state index in [9.17, 15) is 23.6 Å². The number of benzene rings is 3. The van der Waals surface area contributed by atoms with Crippen LogP contribution in [0.2, 0.25) is 0 Å². The summed E-state index contributed by atoms with van der Waals surface area (Å²) in [6.45, 7) is 8.39. The second kappa shape index (κ2) is 17.7. The van der Waals surface area contributed by atoms with Gasteiger partial charge in [-0.2, -0.15) is 0 Å². The van der Waals surface area contributed by atoms with E-state index in [1.165, 1.54) is 12.1 Å². The zero-order chi connectivity index (χ0) is 32.8. The molecule has 3 rings (SSSR count). The van der Waals surface area contributed by atoms with Gasteiger partial charge in [-0.3, -0.25) is 19.2 Å². The summed E-state index contributed by atoms with van der Waals surface area (Å²) in [4.78, 5) is 51.5. The first-order valence-electron chi connectivity index (χ1n) is 15.4. The summed E-state index contributed by atoms with van der Waals surface area (Å²) in [6.07, 6.45) is 1.05. The van der Waals surface area contributed by atoms with E-state index in [-0.39, 0.29) is 48.0 Å². The van der Waals surface area contributed by atoms with Gasteiger partial charge < -0.3 is 26.6 Å². The lowest BCUT2D eigenvalue weighted by Crippen LogP contribution is -2.55. The molecule has 0 saturated heterocycles. The zero-order valence-corrected chi connectivity index (χ0v) is 26.4. The van der Waals surface area contributed by atoms with E-state index in [1.807, 2.05) is 51.1 Å². The molecule has 0 spiro atoms. The van der Waals surface area contributed by atoms with Gasteiger partial charge in [-0.1, -0.05) is 62.4 Å². The third-order valence-corrected chi connectivity index (χ3v) is 7.32. The molecule has 0 aromatic heterocycles. The van der Waals surface area contributed by atoms with Crippen molar-refractivity contribution >= 4 is 23.6 Å². The lowest BCUT2D eigenvalue weighted by Gasteiger charge is -2.25. The van der Waals surface area contributed by atoms with Crippen molar-refractivity contribution in [2.24, 2.45) is 5.92 Å². The second-order valence-electron chi connectivity index (χ2n) is 11.3. The normalized spacial score (nSPS) is 12.9. The van der Waals surface area contributed by atoms with Crippen LogP contribution in [-0.2, 0) is 22.4 Å². The first-order valence-corrected chi connectivity index (χ1v) is 15.4. The predicted octanol–water partition coefficient (Wildman–Crippen LogP) is 3.39. The van der Waals surface area contributed by atoms with Gasteiger partial charge >= 0.3 is 0 Å². The summed E-state index contributed by atoms with van der Waals surface area (Å²) in [5, 5.41) is 14.7. The van der Waals surface area contributed by atoms with Crippen LogP contribution in [0.1, 0.15) is 59.5 Å². The van der Waals surface area contributed by atoms with E-state index in [1.54, 1.807) is 43.3 Å². The Hall–Kier alpha value is -4.57. The SMILES string of the molecule is CCNC(=O)[C@@H](NC(=O)[C@H](C)NC[C@H](Cc1ccccc1)NC(=O)c1cccc(C(=O)NCCc2ccc(F)cc2)c1)C(C)C. The third-order valence-electron chi connectivity index (χ3n) is 7.32. The van der Waals surface area contributed by atoms with Crippen molar-refractivity contribution in [3.63, 3.8) is 0 Å². The van der Waals surface area contributed by atoms with Crippen LogP contribution in [-0.4, -0.2) is 61.4 Å². The largest absolute Gasteiger partial charge is 0.355 e. The summed E-state index contributed by atoms with van der Waals surface area (Å²) >= 11 is 0. The number of halogens is 1. The van der Waals surface area contributed by atoms with Crippen LogP contribution in [0.4, 0.5) is 4.39 Å². The topological polar surface area (TPSA) is 128 Å². The number of rotatable bonds is 16. The molecule has 0 aliphatic heterocycles. The highest BCUT2D eigenvalue weighted by molar-refractivity contribution is 5.99. The van der Waals surface area contributed by atoms with Crippen molar-refractivity contribution < 1.29 is 23.6 Å². The van der Waals surface area contributed by atoms with Crippen LogP contribution in [0.15, 0.2) is 78.9 Å². The van der Waals surface area contributed by atoms with Crippen molar-refractivity contribution in [1.29, 1.82) is 0 Å². The highest BCUT2D eigenvalue weighted by Gasteiger charge is 2.26. The summed E-state index contributed by atoms with van der Waals surface area (Å²) < 4.78 is 13.1. The molecule has 0 fully saturated rings. The number of hydrogen-bond donors (Lipinski definition) is 5. The minimum atomic E-state index is -0.658. The molecule has 4 amide bonds. The number of amides is 4. The number of nitrogens with one attached hydrogen (secondary N) is 5. The minimum absolute atomic E-state index is 0.0922. The van der Waals surface area contributed by atoms with Gasteiger partial charge in [0.1, 0.15) is 11.9 Å². The van der Waals surface area contributed by atoms with Gasteiger partial charge in [0.25, 0.3) is 11.8 Å². The van der Waals surface area contributed by atoms with Crippen molar-refractivity contribution in [1.82, 2.24) is 26.6 Å². The monoisotopic (exact) mass is 617 g/mol. The van der Waals surface area contributed by atoms with E-state index in [4.69, 9.17) is 0 Å². The van der Waals surface area contributed by atoms with Gasteiger partial charge in [0.15, 0.2) is 0 Å². The first kappa shape index (κ1) is 34.9. The number of likely N-dealkylation sites (N-methyl/N-ethyl adjacent to an activating group) is 1. The van der Waals surface area contributed by atoms with Gasteiger partial charge in [0.2, 0.25) is 11.8 Å². The summed E-state index contributed by atoms with van der Waals surface area (Å²) in [7, 11) is 0. The average molecular weight is 618 g/mol. The van der Waals surface area contributed by atoms with E-state index in [2.05, 4.69) is 26.6 Å². The minimum Gasteiger partial charge on any atom is -0.355 e. The Morgan fingerprint density at radius 3 is 2.04 bits per heavy atom. The molecule has 9 nitrogen and oxygen atoms in total. The second-order valence-corrected chi connectivity index (χ2v) is 11.3. The molecule has 0 unspecified atom stereocenters. The average Bonchev–Trinajstić information content (AvgIpc) is 3.03. The number of carbonyl (C=O) groups excluding carboxylic acids is 4. The van der Waals surface area contributed by atoms with Gasteiger partial charge in [-0.25, -0.2) is 4.39 Å². The molecule has 3 atom stereocenters. The molecule has 240 valence electrons. The zero-order valence-electron chi connectivity index (χ0n) is 26.4. The fraction of sp³-hybridized carbons (Fsp3) is 0.371. The van der Waals surface area contributed by atoms with E-state index >= 15 is 0 Å². The Morgan fingerprint density at radius 2 is 1.40 bits per heavy atom. The van der Waals surface area contributed by atoms with Crippen LogP contribution in [0.3, 0.4) is 0 Å². The fourth-order valence-electron chi connectivity index (χ4n) is 4.73. The maximum atomic E-state index is 13.4. The van der Waals surface area contributed by atoms with Crippen LogP contribution in [0.5, 0.6) is 0 Å². The molecule has 0 saturated carbocycles. The van der Waals surface area contributed by atoms with Crippen LogP contribution < -0.4 is 26.6 Å². The quantitative estimate of drug-likeness (QED) is 0.168. The van der Waals surface area contributed by atoms with Gasteiger partial charge in [-0.05, 0) is 74.1 Å². The number of hydrogen-bond acceptors (Lipinski definition) is 5. The molecule has 5 N–H and O–H groups in total. The molecule has 10 heteroatoms.